The topological polar surface area (TPSA) is 122 Å². The van der Waals surface area contributed by atoms with Crippen LogP contribution < -0.4 is 9.64 Å². The van der Waals surface area contributed by atoms with Crippen LogP contribution in [0.15, 0.2) is 42.9 Å². The van der Waals surface area contributed by atoms with E-state index >= 15 is 0 Å². The summed E-state index contributed by atoms with van der Waals surface area (Å²) in [7, 11) is 0. The number of hydrogen-bond acceptors (Lipinski definition) is 7. The zero-order valence-corrected chi connectivity index (χ0v) is 15.2. The van der Waals surface area contributed by atoms with Crippen LogP contribution in [0, 0.1) is 0 Å². The summed E-state index contributed by atoms with van der Waals surface area (Å²) in [6, 6.07) is 6.31. The number of aromatic nitrogens is 2. The predicted octanol–water partition coefficient (Wildman–Crippen LogP) is 2.37. The van der Waals surface area contributed by atoms with Gasteiger partial charge in [-0.25, -0.2) is 19.5 Å². The van der Waals surface area contributed by atoms with Crippen molar-refractivity contribution in [2.24, 2.45) is 0 Å². The lowest BCUT2D eigenvalue weighted by Gasteiger charge is -2.26. The van der Waals surface area contributed by atoms with Crippen LogP contribution in [0.1, 0.15) is 20.8 Å². The molecule has 9 nitrogen and oxygen atoms in total. The van der Waals surface area contributed by atoms with Crippen LogP contribution in [0.5, 0.6) is 5.75 Å². The molecular formula is C18H21N3O6. The normalized spacial score (nSPS) is 12.1. The van der Waals surface area contributed by atoms with E-state index in [2.05, 4.69) is 9.97 Å². The van der Waals surface area contributed by atoms with E-state index in [4.69, 9.17) is 14.6 Å². The number of rotatable bonds is 6. The quantitative estimate of drug-likeness (QED) is 0.789. The summed E-state index contributed by atoms with van der Waals surface area (Å²) < 4.78 is 10.6. The van der Waals surface area contributed by atoms with E-state index in [0.29, 0.717) is 5.69 Å². The Morgan fingerprint density at radius 3 is 2.37 bits per heavy atom. The third-order valence-electron chi connectivity index (χ3n) is 3.14. The fourth-order valence-electron chi connectivity index (χ4n) is 1.97. The molecule has 2 aromatic rings. The smallest absolute Gasteiger partial charge is 0.420 e. The van der Waals surface area contributed by atoms with Gasteiger partial charge >= 0.3 is 12.1 Å². The van der Waals surface area contributed by atoms with Crippen molar-refractivity contribution in [3.8, 4) is 5.75 Å². The second-order valence-corrected chi connectivity index (χ2v) is 6.54. The van der Waals surface area contributed by atoms with Crippen molar-refractivity contribution in [1.82, 2.24) is 9.97 Å². The third-order valence-corrected chi connectivity index (χ3v) is 3.14. The number of aliphatic hydroxyl groups excluding tert-OH is 1. The van der Waals surface area contributed by atoms with Gasteiger partial charge in [-0.05, 0) is 45.0 Å². The molecule has 2 aromatic heterocycles. The van der Waals surface area contributed by atoms with Gasteiger partial charge in [-0.2, -0.15) is 0 Å². The van der Waals surface area contributed by atoms with Crippen molar-refractivity contribution in [1.29, 1.82) is 0 Å². The lowest BCUT2D eigenvalue weighted by molar-refractivity contribution is -0.148. The number of hydrogen-bond donors (Lipinski definition) is 2. The number of carbonyl (C=O) groups is 2. The number of carboxylic acid groups (broad SMARTS) is 1. The summed E-state index contributed by atoms with van der Waals surface area (Å²) >= 11 is 0. The number of carbonyl (C=O) groups excluding carboxylic acids is 1. The Balaban J connectivity index is 2.23. The van der Waals surface area contributed by atoms with Crippen LogP contribution in [-0.4, -0.2) is 50.6 Å². The second kappa shape index (κ2) is 8.45. The largest absolute Gasteiger partial charge is 0.489 e. The molecule has 0 aliphatic carbocycles. The Bertz CT molecular complexity index is 774. The van der Waals surface area contributed by atoms with E-state index in [9.17, 15) is 14.7 Å². The molecule has 9 heteroatoms. The molecule has 144 valence electrons. The minimum Gasteiger partial charge on any atom is -0.489 e. The molecule has 0 aromatic carbocycles. The molecule has 1 amide bonds. The van der Waals surface area contributed by atoms with Gasteiger partial charge in [-0.3, -0.25) is 4.98 Å². The molecular weight excluding hydrogens is 354 g/mol. The molecule has 0 bridgehead atoms. The maximum Gasteiger partial charge on any atom is 0.420 e. The lowest BCUT2D eigenvalue weighted by Crippen LogP contribution is -2.34. The van der Waals surface area contributed by atoms with Gasteiger partial charge in [0.2, 0.25) is 0 Å². The average Bonchev–Trinajstić information content (AvgIpc) is 2.60. The van der Waals surface area contributed by atoms with Crippen LogP contribution in [0.2, 0.25) is 0 Å². The first-order valence-corrected chi connectivity index (χ1v) is 8.10. The van der Waals surface area contributed by atoms with Crippen LogP contribution in [0.4, 0.5) is 16.3 Å². The molecule has 2 heterocycles. The van der Waals surface area contributed by atoms with E-state index in [-0.39, 0.29) is 11.6 Å². The predicted molar refractivity (Wildman–Crippen MR) is 96.0 cm³/mol. The molecule has 0 fully saturated rings. The molecule has 1 atom stereocenters. The van der Waals surface area contributed by atoms with Gasteiger partial charge in [0, 0.05) is 12.4 Å². The highest BCUT2D eigenvalue weighted by molar-refractivity contribution is 5.95. The monoisotopic (exact) mass is 375 g/mol. The summed E-state index contributed by atoms with van der Waals surface area (Å²) in [6.45, 7) is 4.85. The van der Waals surface area contributed by atoms with Crippen molar-refractivity contribution in [2.75, 3.05) is 11.5 Å². The highest BCUT2D eigenvalue weighted by Gasteiger charge is 2.26. The van der Waals surface area contributed by atoms with Gasteiger partial charge in [0.25, 0.3) is 0 Å². The highest BCUT2D eigenvalue weighted by atomic mass is 16.6. The summed E-state index contributed by atoms with van der Waals surface area (Å²) in [5.74, 6) is -0.854. The Labute approximate surface area is 156 Å². The molecule has 0 aliphatic rings. The Morgan fingerprint density at radius 1 is 1.19 bits per heavy atom. The molecule has 1 unspecified atom stereocenters. The zero-order valence-electron chi connectivity index (χ0n) is 15.2. The number of nitrogens with zero attached hydrogens (tertiary/aromatic N) is 3. The van der Waals surface area contributed by atoms with Gasteiger partial charge < -0.3 is 19.7 Å². The fourth-order valence-corrected chi connectivity index (χ4v) is 1.97. The molecule has 0 spiro atoms. The van der Waals surface area contributed by atoms with Gasteiger partial charge in [0.15, 0.2) is 6.10 Å². The van der Waals surface area contributed by atoms with Crippen molar-refractivity contribution < 1.29 is 29.3 Å². The van der Waals surface area contributed by atoms with Crippen molar-refractivity contribution >= 4 is 23.6 Å². The summed E-state index contributed by atoms with van der Waals surface area (Å²) in [5.41, 5.74) is -0.181. The number of carboxylic acids is 1. The van der Waals surface area contributed by atoms with Crippen molar-refractivity contribution in [3.05, 3.63) is 42.9 Å². The minimum atomic E-state index is -1.64. The summed E-state index contributed by atoms with van der Waals surface area (Å²) in [5, 5.41) is 17.9. The number of amides is 1. The van der Waals surface area contributed by atoms with Gasteiger partial charge in [0.1, 0.15) is 23.8 Å². The fraction of sp³-hybridized carbons (Fsp3) is 0.333. The second-order valence-electron chi connectivity index (χ2n) is 6.54. The molecule has 0 saturated carbocycles. The van der Waals surface area contributed by atoms with Gasteiger partial charge in [-0.1, -0.05) is 0 Å². The maximum absolute atomic E-state index is 12.6. The number of pyridine rings is 2. The summed E-state index contributed by atoms with van der Waals surface area (Å²) in [6.07, 6.45) is 2.15. The lowest BCUT2D eigenvalue weighted by atomic mass is 10.2. The van der Waals surface area contributed by atoms with Gasteiger partial charge in [-0.15, -0.1) is 0 Å². The van der Waals surface area contributed by atoms with E-state index < -0.39 is 30.4 Å². The zero-order chi connectivity index (χ0) is 20.0. The molecule has 2 N–H and O–H groups in total. The average molecular weight is 375 g/mol. The number of aliphatic carboxylic acids is 1. The molecule has 27 heavy (non-hydrogen) atoms. The third kappa shape index (κ3) is 5.93. The number of aliphatic hydroxyl groups is 1. The highest BCUT2D eigenvalue weighted by Crippen LogP contribution is 2.26. The Hall–Kier alpha value is -3.20. The molecule has 2 rings (SSSR count). The molecule has 0 saturated heterocycles. The molecule has 0 radical (unpaired) electrons. The standard InChI is InChI=1S/C18H21N3O6/c1-18(2,3)27-17(25)21(12-6-8-19-9-7-12)15-5-4-13(10-20-15)26-11-14(22)16(23)24/h4-10,14,22H,11H2,1-3H3,(H,23,24). The molecule has 0 aliphatic heterocycles. The minimum absolute atomic E-state index is 0.248. The first kappa shape index (κ1) is 20.1. The van der Waals surface area contributed by atoms with Crippen LogP contribution in [0.3, 0.4) is 0 Å². The van der Waals surface area contributed by atoms with E-state index in [0.717, 1.165) is 0 Å². The number of ether oxygens (including phenoxy) is 2. The van der Waals surface area contributed by atoms with E-state index in [1.807, 2.05) is 0 Å². The first-order chi connectivity index (χ1) is 12.7. The SMILES string of the molecule is CC(C)(C)OC(=O)N(c1ccncc1)c1ccc(OCC(O)C(=O)O)cn1. The Kier molecular flexibility index (Phi) is 6.30. The van der Waals surface area contributed by atoms with E-state index in [1.165, 1.54) is 35.6 Å². The van der Waals surface area contributed by atoms with E-state index in [1.54, 1.807) is 32.9 Å². The maximum atomic E-state index is 12.6. The summed E-state index contributed by atoms with van der Waals surface area (Å²) in [4.78, 5) is 32.6. The van der Waals surface area contributed by atoms with Gasteiger partial charge in [0.05, 0.1) is 11.9 Å². The van der Waals surface area contributed by atoms with Crippen molar-refractivity contribution in [2.45, 2.75) is 32.5 Å². The van der Waals surface area contributed by atoms with Crippen molar-refractivity contribution in [3.63, 3.8) is 0 Å². The van der Waals surface area contributed by atoms with Crippen LogP contribution >= 0.6 is 0 Å². The first-order valence-electron chi connectivity index (χ1n) is 8.10. The van der Waals surface area contributed by atoms with Crippen LogP contribution in [-0.2, 0) is 9.53 Å². The van der Waals surface area contributed by atoms with Crippen LogP contribution in [0.25, 0.3) is 0 Å². The number of anilines is 2. The Morgan fingerprint density at radius 2 is 1.85 bits per heavy atom.